The lowest BCUT2D eigenvalue weighted by atomic mass is 10.1. The molecule has 0 aliphatic carbocycles. The van der Waals surface area contributed by atoms with Crippen LogP contribution in [0.2, 0.25) is 5.15 Å². The molecule has 1 unspecified atom stereocenters. The number of hydrogen-bond donors (Lipinski definition) is 1. The number of aromatic nitrogens is 2. The van der Waals surface area contributed by atoms with Gasteiger partial charge in [0.1, 0.15) is 5.82 Å². The van der Waals surface area contributed by atoms with Crippen LogP contribution in [0.25, 0.3) is 0 Å². The Morgan fingerprint density at radius 2 is 2.11 bits per heavy atom. The molecule has 18 heavy (non-hydrogen) atoms. The first-order valence-corrected chi connectivity index (χ1v) is 6.13. The van der Waals surface area contributed by atoms with Crippen molar-refractivity contribution in [1.82, 2.24) is 14.5 Å². The van der Waals surface area contributed by atoms with E-state index in [0.717, 1.165) is 0 Å². The molecule has 0 spiro atoms. The maximum Gasteiger partial charge on any atom is 0.327 e. The predicted molar refractivity (Wildman–Crippen MR) is 65.7 cm³/mol. The first-order valence-electron chi connectivity index (χ1n) is 5.75. The molecule has 0 amide bonds. The molecule has 0 aromatic carbocycles. The van der Waals surface area contributed by atoms with E-state index in [9.17, 15) is 9.90 Å². The number of rotatable bonds is 3. The van der Waals surface area contributed by atoms with E-state index >= 15 is 0 Å². The van der Waals surface area contributed by atoms with Gasteiger partial charge in [-0.05, 0) is 6.92 Å². The van der Waals surface area contributed by atoms with Gasteiger partial charge < -0.3 is 14.4 Å². The fraction of sp³-hybridized carbons (Fsp3) is 0.636. The Labute approximate surface area is 110 Å². The van der Waals surface area contributed by atoms with Crippen LogP contribution in [0.1, 0.15) is 17.6 Å². The molecule has 0 radical (unpaired) electrons. The predicted octanol–water partition coefficient (Wildman–Crippen LogP) is 0.840. The van der Waals surface area contributed by atoms with Gasteiger partial charge in [0, 0.05) is 20.1 Å². The molecule has 1 aliphatic rings. The zero-order valence-corrected chi connectivity index (χ0v) is 11.1. The van der Waals surface area contributed by atoms with Crippen LogP contribution in [-0.2, 0) is 16.6 Å². The van der Waals surface area contributed by atoms with E-state index in [1.165, 1.54) is 0 Å². The summed E-state index contributed by atoms with van der Waals surface area (Å²) in [6, 6.07) is -0.771. The van der Waals surface area contributed by atoms with Crippen molar-refractivity contribution in [1.29, 1.82) is 0 Å². The summed E-state index contributed by atoms with van der Waals surface area (Å²) < 4.78 is 6.97. The van der Waals surface area contributed by atoms with Crippen molar-refractivity contribution in [3.05, 3.63) is 16.7 Å². The van der Waals surface area contributed by atoms with Gasteiger partial charge in [-0.1, -0.05) is 11.6 Å². The first kappa shape index (κ1) is 13.3. The monoisotopic (exact) mass is 273 g/mol. The molecule has 2 heterocycles. The van der Waals surface area contributed by atoms with Crippen LogP contribution in [0.3, 0.4) is 0 Å². The van der Waals surface area contributed by atoms with Crippen LogP contribution in [-0.4, -0.2) is 51.8 Å². The average molecular weight is 274 g/mol. The molecule has 1 aliphatic heterocycles. The number of carboxylic acids is 1. The molecule has 0 saturated carbocycles. The third-order valence-corrected chi connectivity index (χ3v) is 3.50. The van der Waals surface area contributed by atoms with Gasteiger partial charge in [-0.2, -0.15) is 0 Å². The molecule has 1 saturated heterocycles. The molecule has 100 valence electrons. The molecular formula is C11H16ClN3O3. The Morgan fingerprint density at radius 1 is 1.50 bits per heavy atom. The van der Waals surface area contributed by atoms with Crippen LogP contribution in [0.5, 0.6) is 0 Å². The topological polar surface area (TPSA) is 67.6 Å². The summed E-state index contributed by atoms with van der Waals surface area (Å²) in [5.74, 6) is -0.212. The van der Waals surface area contributed by atoms with Crippen molar-refractivity contribution < 1.29 is 14.6 Å². The van der Waals surface area contributed by atoms with E-state index in [-0.39, 0.29) is 5.15 Å². The van der Waals surface area contributed by atoms with Crippen molar-refractivity contribution in [2.75, 3.05) is 26.3 Å². The standard InChI is InChI=1S/C11H16ClN3O3/c1-7-13-10(12)8(14(7)2)9(11(16)17)15-3-5-18-6-4-15/h9H,3-6H2,1-2H3,(H,16,17). The maximum atomic E-state index is 11.5. The number of carbonyl (C=O) groups is 1. The lowest BCUT2D eigenvalue weighted by molar-refractivity contribution is -0.145. The zero-order valence-electron chi connectivity index (χ0n) is 10.4. The van der Waals surface area contributed by atoms with Gasteiger partial charge in [-0.15, -0.1) is 0 Å². The van der Waals surface area contributed by atoms with E-state index in [0.29, 0.717) is 37.8 Å². The van der Waals surface area contributed by atoms with Crippen molar-refractivity contribution >= 4 is 17.6 Å². The van der Waals surface area contributed by atoms with E-state index in [1.54, 1.807) is 18.5 Å². The van der Waals surface area contributed by atoms with Gasteiger partial charge >= 0.3 is 5.97 Å². The number of morpholine rings is 1. The van der Waals surface area contributed by atoms with Crippen LogP contribution >= 0.6 is 11.6 Å². The van der Waals surface area contributed by atoms with Crippen LogP contribution in [0.4, 0.5) is 0 Å². The summed E-state index contributed by atoms with van der Waals surface area (Å²) in [5, 5.41) is 9.71. The third kappa shape index (κ3) is 2.36. The second-order valence-electron chi connectivity index (χ2n) is 4.28. The van der Waals surface area contributed by atoms with E-state index in [2.05, 4.69) is 4.98 Å². The molecule has 1 aromatic heterocycles. The second kappa shape index (κ2) is 5.26. The van der Waals surface area contributed by atoms with E-state index < -0.39 is 12.0 Å². The number of aliphatic carboxylic acids is 1. The Hall–Kier alpha value is -1.11. The number of ether oxygens (including phenoxy) is 1. The quantitative estimate of drug-likeness (QED) is 0.884. The molecule has 1 fully saturated rings. The minimum Gasteiger partial charge on any atom is -0.480 e. The summed E-state index contributed by atoms with van der Waals surface area (Å²) in [5.41, 5.74) is 0.531. The van der Waals surface area contributed by atoms with E-state index in [4.69, 9.17) is 16.3 Å². The van der Waals surface area contributed by atoms with Gasteiger partial charge in [0.15, 0.2) is 11.2 Å². The highest BCUT2D eigenvalue weighted by atomic mass is 35.5. The Morgan fingerprint density at radius 3 is 2.56 bits per heavy atom. The fourth-order valence-corrected chi connectivity index (χ4v) is 2.52. The largest absolute Gasteiger partial charge is 0.480 e. The first-order chi connectivity index (χ1) is 8.52. The summed E-state index contributed by atoms with van der Waals surface area (Å²) in [6.45, 7) is 4.04. The number of carboxylic acid groups (broad SMARTS) is 1. The highest BCUT2D eigenvalue weighted by Crippen LogP contribution is 2.28. The molecular weight excluding hydrogens is 258 g/mol. The van der Waals surface area contributed by atoms with Gasteiger partial charge in [0.25, 0.3) is 0 Å². The van der Waals surface area contributed by atoms with E-state index in [1.807, 2.05) is 4.90 Å². The lowest BCUT2D eigenvalue weighted by Crippen LogP contribution is -2.42. The highest BCUT2D eigenvalue weighted by Gasteiger charge is 2.33. The normalized spacial score (nSPS) is 18.8. The van der Waals surface area contributed by atoms with Gasteiger partial charge in [-0.3, -0.25) is 9.69 Å². The second-order valence-corrected chi connectivity index (χ2v) is 4.64. The number of halogens is 1. The summed E-state index contributed by atoms with van der Waals surface area (Å²) in [6.07, 6.45) is 0. The van der Waals surface area contributed by atoms with Crippen molar-refractivity contribution in [2.24, 2.45) is 7.05 Å². The fourth-order valence-electron chi connectivity index (χ4n) is 2.17. The SMILES string of the molecule is Cc1nc(Cl)c(C(C(=O)O)N2CCOCC2)n1C. The molecule has 0 bridgehead atoms. The lowest BCUT2D eigenvalue weighted by Gasteiger charge is -2.32. The zero-order chi connectivity index (χ0) is 13.3. The minimum absolute atomic E-state index is 0.258. The molecule has 1 atom stereocenters. The number of aryl methyl sites for hydroxylation is 1. The smallest absolute Gasteiger partial charge is 0.327 e. The average Bonchev–Trinajstić information content (AvgIpc) is 2.57. The summed E-state index contributed by atoms with van der Waals surface area (Å²) >= 11 is 6.06. The van der Waals surface area contributed by atoms with Crippen molar-refractivity contribution in [3.8, 4) is 0 Å². The van der Waals surface area contributed by atoms with Crippen LogP contribution in [0, 0.1) is 6.92 Å². The molecule has 2 rings (SSSR count). The number of hydrogen-bond acceptors (Lipinski definition) is 4. The highest BCUT2D eigenvalue weighted by molar-refractivity contribution is 6.30. The molecule has 1 N–H and O–H groups in total. The minimum atomic E-state index is -0.915. The molecule has 1 aromatic rings. The molecule has 6 nitrogen and oxygen atoms in total. The van der Waals surface area contributed by atoms with Crippen LogP contribution < -0.4 is 0 Å². The summed E-state index contributed by atoms with van der Waals surface area (Å²) in [7, 11) is 1.78. The Bertz CT molecular complexity index is 455. The van der Waals surface area contributed by atoms with Gasteiger partial charge in [-0.25, -0.2) is 4.98 Å². The Balaban J connectivity index is 2.37. The Kier molecular flexibility index (Phi) is 3.89. The summed E-state index contributed by atoms with van der Waals surface area (Å²) in [4.78, 5) is 17.5. The van der Waals surface area contributed by atoms with Crippen molar-refractivity contribution in [3.63, 3.8) is 0 Å². The third-order valence-electron chi connectivity index (χ3n) is 3.22. The number of imidazole rings is 1. The van der Waals surface area contributed by atoms with Gasteiger partial charge in [0.05, 0.1) is 18.9 Å². The number of nitrogens with zero attached hydrogens (tertiary/aromatic N) is 3. The van der Waals surface area contributed by atoms with Crippen LogP contribution in [0.15, 0.2) is 0 Å². The van der Waals surface area contributed by atoms with Gasteiger partial charge in [0.2, 0.25) is 0 Å². The molecule has 7 heteroatoms. The maximum absolute atomic E-state index is 11.5. The van der Waals surface area contributed by atoms with Crippen molar-refractivity contribution in [2.45, 2.75) is 13.0 Å².